The van der Waals surface area contributed by atoms with Crippen LogP contribution in [0.25, 0.3) is 0 Å². The molecule has 0 saturated carbocycles. The van der Waals surface area contributed by atoms with Crippen molar-refractivity contribution in [2.45, 2.75) is 18.7 Å². The first-order valence-electron chi connectivity index (χ1n) is 6.94. The Bertz CT molecular complexity index is 836. The van der Waals surface area contributed by atoms with Gasteiger partial charge in [-0.15, -0.1) is 10.2 Å². The lowest BCUT2D eigenvalue weighted by Crippen LogP contribution is -2.14. The van der Waals surface area contributed by atoms with E-state index in [1.807, 2.05) is 13.0 Å². The van der Waals surface area contributed by atoms with Crippen LogP contribution in [0.2, 0.25) is 5.02 Å². The number of hydrogen-bond donors (Lipinski definition) is 1. The van der Waals surface area contributed by atoms with E-state index in [1.54, 1.807) is 23.1 Å². The molecule has 0 aliphatic heterocycles. The molecule has 8 nitrogen and oxygen atoms in total. The van der Waals surface area contributed by atoms with Crippen LogP contribution in [0.15, 0.2) is 40.5 Å². The third-order valence-corrected chi connectivity index (χ3v) is 4.07. The van der Waals surface area contributed by atoms with Crippen molar-refractivity contribution in [3.63, 3.8) is 0 Å². The molecule has 0 fully saturated rings. The van der Waals surface area contributed by atoms with Crippen molar-refractivity contribution in [2.24, 2.45) is 0 Å². The first kappa shape index (κ1) is 16.5. The number of nitrogens with one attached hydrogen (secondary N) is 1. The Balaban J connectivity index is 1.53. The van der Waals surface area contributed by atoms with E-state index in [2.05, 4.69) is 25.6 Å². The number of benzene rings is 1. The molecule has 3 rings (SSSR count). The number of thioether (sulfide) groups is 1. The number of nitrogens with zero attached hydrogens (tertiary/aromatic N) is 5. The fourth-order valence-corrected chi connectivity index (χ4v) is 2.61. The highest BCUT2D eigenvalue weighted by atomic mass is 35.5. The molecule has 0 aliphatic carbocycles. The van der Waals surface area contributed by atoms with Gasteiger partial charge in [0.15, 0.2) is 0 Å². The van der Waals surface area contributed by atoms with Gasteiger partial charge in [-0.2, -0.15) is 5.10 Å². The summed E-state index contributed by atoms with van der Waals surface area (Å²) in [6.45, 7) is 2.23. The van der Waals surface area contributed by atoms with Gasteiger partial charge in [0.05, 0.1) is 5.75 Å². The van der Waals surface area contributed by atoms with Crippen molar-refractivity contribution in [3.05, 3.63) is 47.3 Å². The van der Waals surface area contributed by atoms with Crippen LogP contribution < -0.4 is 5.32 Å². The molecule has 1 N–H and O–H groups in total. The SMILES string of the molecule is Cc1ccc(Cl)cc1NC(=O)CSc1nnc(Cn2cncn2)o1. The molecule has 2 aromatic heterocycles. The largest absolute Gasteiger partial charge is 0.414 e. The first-order chi connectivity index (χ1) is 11.6. The number of hydrogen-bond acceptors (Lipinski definition) is 7. The van der Waals surface area contributed by atoms with Gasteiger partial charge in [0, 0.05) is 10.7 Å². The molecular weight excluding hydrogens is 352 g/mol. The van der Waals surface area contributed by atoms with Crippen molar-refractivity contribution in [1.29, 1.82) is 0 Å². The standard InChI is InChI=1S/C14H13ClN6O2S/c1-9-2-3-10(15)4-11(9)18-12(22)6-24-14-20-19-13(23-14)5-21-8-16-7-17-21/h2-4,7-8H,5-6H2,1H3,(H,18,22). The van der Waals surface area contributed by atoms with E-state index >= 15 is 0 Å². The third-order valence-electron chi connectivity index (χ3n) is 3.01. The Kier molecular flexibility index (Phi) is 5.11. The van der Waals surface area contributed by atoms with Crippen molar-refractivity contribution in [3.8, 4) is 0 Å². The highest BCUT2D eigenvalue weighted by molar-refractivity contribution is 7.99. The second-order valence-electron chi connectivity index (χ2n) is 4.85. The number of rotatable bonds is 6. The number of anilines is 1. The Hall–Kier alpha value is -2.39. The zero-order valence-corrected chi connectivity index (χ0v) is 14.2. The molecule has 24 heavy (non-hydrogen) atoms. The van der Waals surface area contributed by atoms with E-state index in [0.29, 0.717) is 28.4 Å². The van der Waals surface area contributed by atoms with Gasteiger partial charge in [-0.1, -0.05) is 29.4 Å². The molecule has 0 atom stereocenters. The summed E-state index contributed by atoms with van der Waals surface area (Å²) in [6, 6.07) is 5.33. The van der Waals surface area contributed by atoms with E-state index < -0.39 is 0 Å². The normalized spacial score (nSPS) is 10.8. The summed E-state index contributed by atoms with van der Waals surface area (Å²) in [6.07, 6.45) is 2.98. The topological polar surface area (TPSA) is 98.7 Å². The van der Waals surface area contributed by atoms with Crippen LogP contribution in [0.3, 0.4) is 0 Å². The quantitative estimate of drug-likeness (QED) is 0.670. The fraction of sp³-hybridized carbons (Fsp3) is 0.214. The molecule has 0 bridgehead atoms. The minimum absolute atomic E-state index is 0.150. The summed E-state index contributed by atoms with van der Waals surface area (Å²) in [7, 11) is 0. The van der Waals surface area contributed by atoms with E-state index in [-0.39, 0.29) is 11.7 Å². The van der Waals surface area contributed by atoms with Crippen LogP contribution >= 0.6 is 23.4 Å². The zero-order valence-electron chi connectivity index (χ0n) is 12.6. The Morgan fingerprint density at radius 2 is 2.29 bits per heavy atom. The van der Waals surface area contributed by atoms with Gasteiger partial charge in [0.2, 0.25) is 11.8 Å². The first-order valence-corrected chi connectivity index (χ1v) is 8.30. The number of aromatic nitrogens is 5. The molecule has 1 amide bonds. The highest BCUT2D eigenvalue weighted by Crippen LogP contribution is 2.21. The molecule has 2 heterocycles. The van der Waals surface area contributed by atoms with Crippen LogP contribution in [0, 0.1) is 6.92 Å². The van der Waals surface area contributed by atoms with Crippen LogP contribution in [-0.4, -0.2) is 36.6 Å². The maximum Gasteiger partial charge on any atom is 0.277 e. The van der Waals surface area contributed by atoms with Gasteiger partial charge in [0.1, 0.15) is 19.2 Å². The van der Waals surface area contributed by atoms with Gasteiger partial charge < -0.3 is 9.73 Å². The Morgan fingerprint density at radius 1 is 1.42 bits per heavy atom. The minimum atomic E-state index is -0.179. The van der Waals surface area contributed by atoms with Crippen LogP contribution in [0.4, 0.5) is 5.69 Å². The van der Waals surface area contributed by atoms with Crippen molar-refractivity contribution in [2.75, 3.05) is 11.1 Å². The Morgan fingerprint density at radius 3 is 3.08 bits per heavy atom. The highest BCUT2D eigenvalue weighted by Gasteiger charge is 2.11. The van der Waals surface area contributed by atoms with E-state index in [4.69, 9.17) is 16.0 Å². The summed E-state index contributed by atoms with van der Waals surface area (Å²) < 4.78 is 7.02. The average Bonchev–Trinajstić information content (AvgIpc) is 3.21. The van der Waals surface area contributed by atoms with Crippen molar-refractivity contribution >= 4 is 35.0 Å². The molecule has 3 aromatic rings. The molecule has 124 valence electrons. The van der Waals surface area contributed by atoms with Crippen molar-refractivity contribution < 1.29 is 9.21 Å². The summed E-state index contributed by atoms with van der Waals surface area (Å²) in [5.74, 6) is 0.368. The van der Waals surface area contributed by atoms with Gasteiger partial charge in [-0.05, 0) is 24.6 Å². The number of carbonyl (C=O) groups excluding carboxylic acids is 1. The van der Waals surface area contributed by atoms with Crippen molar-refractivity contribution in [1.82, 2.24) is 25.0 Å². The Labute approximate surface area is 146 Å². The van der Waals surface area contributed by atoms with E-state index in [0.717, 1.165) is 17.3 Å². The number of halogens is 1. The molecule has 1 aromatic carbocycles. The van der Waals surface area contributed by atoms with E-state index in [1.165, 1.54) is 6.33 Å². The molecule has 0 spiro atoms. The van der Waals surface area contributed by atoms with Gasteiger partial charge in [-0.25, -0.2) is 9.67 Å². The maximum absolute atomic E-state index is 12.0. The number of carbonyl (C=O) groups is 1. The second-order valence-corrected chi connectivity index (χ2v) is 6.21. The number of aryl methyl sites for hydroxylation is 1. The third kappa shape index (κ3) is 4.33. The maximum atomic E-state index is 12.0. The van der Waals surface area contributed by atoms with E-state index in [9.17, 15) is 4.79 Å². The molecule has 0 aliphatic rings. The fourth-order valence-electron chi connectivity index (χ4n) is 1.86. The van der Waals surface area contributed by atoms with Gasteiger partial charge in [-0.3, -0.25) is 4.79 Å². The van der Waals surface area contributed by atoms with Crippen LogP contribution in [0.1, 0.15) is 11.5 Å². The zero-order chi connectivity index (χ0) is 16.9. The lowest BCUT2D eigenvalue weighted by atomic mass is 10.2. The summed E-state index contributed by atoms with van der Waals surface area (Å²) in [5.41, 5.74) is 1.62. The van der Waals surface area contributed by atoms with Gasteiger partial charge in [0.25, 0.3) is 5.22 Å². The average molecular weight is 365 g/mol. The molecular formula is C14H13ClN6O2S. The minimum Gasteiger partial charge on any atom is -0.414 e. The molecule has 10 heteroatoms. The smallest absolute Gasteiger partial charge is 0.277 e. The molecule has 0 radical (unpaired) electrons. The monoisotopic (exact) mass is 364 g/mol. The summed E-state index contributed by atoms with van der Waals surface area (Å²) in [4.78, 5) is 15.9. The predicted molar refractivity (Wildman–Crippen MR) is 89.0 cm³/mol. The summed E-state index contributed by atoms with van der Waals surface area (Å²) >= 11 is 7.09. The molecule has 0 unspecified atom stereocenters. The van der Waals surface area contributed by atoms with Gasteiger partial charge >= 0.3 is 0 Å². The summed E-state index contributed by atoms with van der Waals surface area (Å²) in [5, 5.41) is 15.4. The second kappa shape index (κ2) is 7.45. The predicted octanol–water partition coefficient (Wildman–Crippen LogP) is 2.40. The van der Waals surface area contributed by atoms with Crippen LogP contribution in [-0.2, 0) is 11.3 Å². The molecule has 0 saturated heterocycles. The number of amides is 1. The lowest BCUT2D eigenvalue weighted by molar-refractivity contribution is -0.113. The van der Waals surface area contributed by atoms with Crippen LogP contribution in [0.5, 0.6) is 0 Å². The lowest BCUT2D eigenvalue weighted by Gasteiger charge is -2.07.